The van der Waals surface area contributed by atoms with E-state index in [0.29, 0.717) is 6.61 Å². The molecule has 0 radical (unpaired) electrons. The maximum absolute atomic E-state index is 11.9. The lowest BCUT2D eigenvalue weighted by molar-refractivity contribution is -0.151. The van der Waals surface area contributed by atoms with E-state index in [4.69, 9.17) is 4.74 Å². The van der Waals surface area contributed by atoms with Crippen LogP contribution < -0.4 is 0 Å². The number of ether oxygens (including phenoxy) is 1. The largest absolute Gasteiger partial charge is 0.461 e. The Morgan fingerprint density at radius 3 is 2.61 bits per heavy atom. The molecule has 0 bridgehead atoms. The van der Waals surface area contributed by atoms with Crippen LogP contribution in [0.2, 0.25) is 0 Å². The number of benzene rings is 1. The van der Waals surface area contributed by atoms with E-state index in [-0.39, 0.29) is 11.9 Å². The topological polar surface area (TPSA) is 26.3 Å². The molecule has 1 fully saturated rings. The summed E-state index contributed by atoms with van der Waals surface area (Å²) in [4.78, 5) is 11.9. The molecule has 0 heterocycles. The standard InChI is InChI=1S/C16H22O2/c1-12-8-9-15(13(2)10-12)11-18-16(17)14-6-4-3-5-7-14/h8-10,14H,3-7,11H2,1-2H3. The first-order valence-electron chi connectivity index (χ1n) is 6.89. The third kappa shape index (κ3) is 3.34. The minimum Gasteiger partial charge on any atom is -0.461 e. The molecule has 0 saturated heterocycles. The molecule has 1 aliphatic rings. The zero-order chi connectivity index (χ0) is 13.0. The van der Waals surface area contributed by atoms with Crippen molar-refractivity contribution < 1.29 is 9.53 Å². The van der Waals surface area contributed by atoms with Crippen molar-refractivity contribution in [3.05, 3.63) is 34.9 Å². The van der Waals surface area contributed by atoms with Gasteiger partial charge in [-0.15, -0.1) is 0 Å². The summed E-state index contributed by atoms with van der Waals surface area (Å²) in [5, 5.41) is 0. The molecule has 0 unspecified atom stereocenters. The Hall–Kier alpha value is -1.31. The van der Waals surface area contributed by atoms with Gasteiger partial charge in [0, 0.05) is 0 Å². The second-order valence-electron chi connectivity index (χ2n) is 5.37. The van der Waals surface area contributed by atoms with Gasteiger partial charge in [0.2, 0.25) is 0 Å². The van der Waals surface area contributed by atoms with Crippen molar-refractivity contribution in [2.24, 2.45) is 5.92 Å². The van der Waals surface area contributed by atoms with Gasteiger partial charge >= 0.3 is 5.97 Å². The lowest BCUT2D eigenvalue weighted by Crippen LogP contribution is -2.20. The Kier molecular flexibility index (Phi) is 4.40. The number of esters is 1. The summed E-state index contributed by atoms with van der Waals surface area (Å²) < 4.78 is 5.45. The summed E-state index contributed by atoms with van der Waals surface area (Å²) in [5.41, 5.74) is 3.56. The second kappa shape index (κ2) is 6.03. The van der Waals surface area contributed by atoms with Gasteiger partial charge in [-0.25, -0.2) is 0 Å². The first kappa shape index (κ1) is 13.1. The van der Waals surface area contributed by atoms with Crippen LogP contribution in [0.5, 0.6) is 0 Å². The van der Waals surface area contributed by atoms with E-state index in [1.807, 2.05) is 0 Å². The van der Waals surface area contributed by atoms with Gasteiger partial charge in [0.05, 0.1) is 5.92 Å². The maximum Gasteiger partial charge on any atom is 0.309 e. The van der Waals surface area contributed by atoms with Crippen LogP contribution in [0.4, 0.5) is 0 Å². The molecule has 0 aliphatic heterocycles. The summed E-state index contributed by atoms with van der Waals surface area (Å²) in [6.07, 6.45) is 5.62. The minimum atomic E-state index is -0.00493. The lowest BCUT2D eigenvalue weighted by atomic mass is 9.89. The van der Waals surface area contributed by atoms with Gasteiger partial charge < -0.3 is 4.74 Å². The fraction of sp³-hybridized carbons (Fsp3) is 0.562. The van der Waals surface area contributed by atoms with E-state index in [1.54, 1.807) is 0 Å². The van der Waals surface area contributed by atoms with Gasteiger partial charge in [-0.3, -0.25) is 4.79 Å². The molecule has 1 aromatic carbocycles. The highest BCUT2D eigenvalue weighted by Crippen LogP contribution is 2.25. The third-order valence-electron chi connectivity index (χ3n) is 3.81. The van der Waals surface area contributed by atoms with Crippen LogP contribution in [0, 0.1) is 19.8 Å². The fourth-order valence-corrected chi connectivity index (χ4v) is 2.61. The van der Waals surface area contributed by atoms with Crippen LogP contribution in [-0.2, 0) is 16.1 Å². The van der Waals surface area contributed by atoms with Crippen molar-refractivity contribution in [3.63, 3.8) is 0 Å². The van der Waals surface area contributed by atoms with Gasteiger partial charge in [0.15, 0.2) is 0 Å². The molecule has 2 nitrogen and oxygen atoms in total. The smallest absolute Gasteiger partial charge is 0.309 e. The molecule has 0 spiro atoms. The maximum atomic E-state index is 11.9. The van der Waals surface area contributed by atoms with Crippen molar-refractivity contribution in [2.45, 2.75) is 52.6 Å². The first-order valence-corrected chi connectivity index (χ1v) is 6.89. The summed E-state index contributed by atoms with van der Waals surface area (Å²) in [7, 11) is 0. The molecule has 18 heavy (non-hydrogen) atoms. The second-order valence-corrected chi connectivity index (χ2v) is 5.37. The average Bonchev–Trinajstić information content (AvgIpc) is 2.38. The van der Waals surface area contributed by atoms with E-state index < -0.39 is 0 Å². The molecular formula is C16H22O2. The van der Waals surface area contributed by atoms with Crippen LogP contribution >= 0.6 is 0 Å². The monoisotopic (exact) mass is 246 g/mol. The van der Waals surface area contributed by atoms with Crippen molar-refractivity contribution >= 4 is 5.97 Å². The molecule has 2 heteroatoms. The number of hydrogen-bond donors (Lipinski definition) is 0. The van der Waals surface area contributed by atoms with Crippen molar-refractivity contribution in [1.29, 1.82) is 0 Å². The highest BCUT2D eigenvalue weighted by atomic mass is 16.5. The van der Waals surface area contributed by atoms with E-state index in [0.717, 1.165) is 18.4 Å². The third-order valence-corrected chi connectivity index (χ3v) is 3.81. The van der Waals surface area contributed by atoms with Gasteiger partial charge in [-0.1, -0.05) is 43.0 Å². The Bertz CT molecular complexity index is 417. The predicted octanol–water partition coefficient (Wildman–Crippen LogP) is 3.93. The molecule has 1 aliphatic carbocycles. The van der Waals surface area contributed by atoms with Gasteiger partial charge in [0.25, 0.3) is 0 Å². The molecule has 0 aromatic heterocycles. The van der Waals surface area contributed by atoms with Crippen molar-refractivity contribution in [1.82, 2.24) is 0 Å². The molecule has 2 rings (SSSR count). The van der Waals surface area contributed by atoms with E-state index in [1.165, 1.54) is 30.4 Å². The first-order chi connectivity index (χ1) is 8.66. The zero-order valence-corrected chi connectivity index (χ0v) is 11.4. The molecular weight excluding hydrogens is 224 g/mol. The molecule has 98 valence electrons. The summed E-state index contributed by atoms with van der Waals surface area (Å²) >= 11 is 0. The Labute approximate surface area is 109 Å². The van der Waals surface area contributed by atoms with Crippen molar-refractivity contribution in [3.8, 4) is 0 Å². The van der Waals surface area contributed by atoms with Crippen LogP contribution in [-0.4, -0.2) is 5.97 Å². The number of rotatable bonds is 3. The zero-order valence-electron chi connectivity index (χ0n) is 11.4. The van der Waals surface area contributed by atoms with Crippen LogP contribution in [0.25, 0.3) is 0 Å². The predicted molar refractivity (Wildman–Crippen MR) is 72.3 cm³/mol. The average molecular weight is 246 g/mol. The minimum absolute atomic E-state index is 0.00493. The van der Waals surface area contributed by atoms with E-state index in [2.05, 4.69) is 32.0 Å². The number of aryl methyl sites for hydroxylation is 2. The van der Waals surface area contributed by atoms with Gasteiger partial charge in [0.1, 0.15) is 6.61 Å². The highest BCUT2D eigenvalue weighted by Gasteiger charge is 2.22. The van der Waals surface area contributed by atoms with Gasteiger partial charge in [-0.2, -0.15) is 0 Å². The number of carbonyl (C=O) groups excluding carboxylic acids is 1. The van der Waals surface area contributed by atoms with Crippen LogP contribution in [0.3, 0.4) is 0 Å². The summed E-state index contributed by atoms with van der Waals surface area (Å²) in [6, 6.07) is 6.25. The fourth-order valence-electron chi connectivity index (χ4n) is 2.61. The van der Waals surface area contributed by atoms with Crippen molar-refractivity contribution in [2.75, 3.05) is 0 Å². The molecule has 0 atom stereocenters. The van der Waals surface area contributed by atoms with E-state index in [9.17, 15) is 4.79 Å². The Balaban J connectivity index is 1.88. The number of carbonyl (C=O) groups is 1. The normalized spacial score (nSPS) is 16.6. The van der Waals surface area contributed by atoms with Crippen LogP contribution in [0.1, 0.15) is 48.8 Å². The highest BCUT2D eigenvalue weighted by molar-refractivity contribution is 5.72. The van der Waals surface area contributed by atoms with E-state index >= 15 is 0 Å². The summed E-state index contributed by atoms with van der Waals surface area (Å²) in [6.45, 7) is 4.56. The van der Waals surface area contributed by atoms with Crippen LogP contribution in [0.15, 0.2) is 18.2 Å². The molecule has 1 saturated carbocycles. The van der Waals surface area contributed by atoms with Gasteiger partial charge in [-0.05, 0) is 37.8 Å². The SMILES string of the molecule is Cc1ccc(COC(=O)C2CCCCC2)c(C)c1. The number of hydrogen-bond acceptors (Lipinski definition) is 2. The lowest BCUT2D eigenvalue weighted by Gasteiger charge is -2.20. The molecule has 0 amide bonds. The quantitative estimate of drug-likeness (QED) is 0.755. The molecule has 0 N–H and O–H groups in total. The molecule has 1 aromatic rings. The summed E-state index contributed by atoms with van der Waals surface area (Å²) in [5.74, 6) is 0.138. The Morgan fingerprint density at radius 1 is 1.22 bits per heavy atom. The Morgan fingerprint density at radius 2 is 1.94 bits per heavy atom.